The molecule has 19 heavy (non-hydrogen) atoms. The average Bonchev–Trinajstić information content (AvgIpc) is 2.91. The SMILES string of the molecule is Cc1nn(C)c2nc(NCc3cccnc3N)sc12. The van der Waals surface area contributed by atoms with Crippen LogP contribution in [-0.4, -0.2) is 19.7 Å². The van der Waals surface area contributed by atoms with Crippen LogP contribution in [0.4, 0.5) is 10.9 Å². The van der Waals surface area contributed by atoms with E-state index in [0.717, 1.165) is 26.7 Å². The van der Waals surface area contributed by atoms with Crippen LogP contribution in [-0.2, 0) is 13.6 Å². The summed E-state index contributed by atoms with van der Waals surface area (Å²) in [6, 6.07) is 3.83. The second-order valence-electron chi connectivity index (χ2n) is 4.28. The molecule has 0 aliphatic carbocycles. The van der Waals surface area contributed by atoms with Gasteiger partial charge in [-0.3, -0.25) is 0 Å². The van der Waals surface area contributed by atoms with Gasteiger partial charge in [0.2, 0.25) is 0 Å². The summed E-state index contributed by atoms with van der Waals surface area (Å²) in [4.78, 5) is 8.58. The fourth-order valence-electron chi connectivity index (χ4n) is 1.93. The third-order valence-corrected chi connectivity index (χ3v) is 4.01. The number of nitrogens with one attached hydrogen (secondary N) is 1. The molecular formula is C12H14N6S. The van der Waals surface area contributed by atoms with E-state index < -0.39 is 0 Å². The smallest absolute Gasteiger partial charge is 0.185 e. The molecule has 6 nitrogen and oxygen atoms in total. The molecule has 0 fully saturated rings. The number of thiazole rings is 1. The number of hydrogen-bond acceptors (Lipinski definition) is 6. The van der Waals surface area contributed by atoms with Crippen molar-refractivity contribution < 1.29 is 0 Å². The first kappa shape index (κ1) is 11.9. The zero-order chi connectivity index (χ0) is 13.4. The van der Waals surface area contributed by atoms with Gasteiger partial charge in [-0.05, 0) is 13.0 Å². The molecule has 0 aliphatic heterocycles. The van der Waals surface area contributed by atoms with E-state index in [1.807, 2.05) is 26.1 Å². The van der Waals surface area contributed by atoms with E-state index in [4.69, 9.17) is 5.73 Å². The van der Waals surface area contributed by atoms with E-state index in [0.29, 0.717) is 12.4 Å². The first-order chi connectivity index (χ1) is 9.15. The Morgan fingerprint density at radius 2 is 2.32 bits per heavy atom. The van der Waals surface area contributed by atoms with E-state index >= 15 is 0 Å². The number of aromatic nitrogens is 4. The number of pyridine rings is 1. The number of nitrogen functional groups attached to an aromatic ring is 1. The first-order valence-corrected chi connectivity index (χ1v) is 6.70. The topological polar surface area (TPSA) is 81.7 Å². The summed E-state index contributed by atoms with van der Waals surface area (Å²) in [5.41, 5.74) is 8.69. The van der Waals surface area contributed by atoms with Crippen molar-refractivity contribution in [3.05, 3.63) is 29.6 Å². The maximum atomic E-state index is 5.81. The normalized spacial score (nSPS) is 11.1. The van der Waals surface area contributed by atoms with E-state index in [1.54, 1.807) is 22.2 Å². The lowest BCUT2D eigenvalue weighted by molar-refractivity contribution is 0.774. The third-order valence-electron chi connectivity index (χ3n) is 2.90. The summed E-state index contributed by atoms with van der Waals surface area (Å²) in [5, 5.41) is 8.48. The van der Waals surface area contributed by atoms with Crippen LogP contribution in [0.2, 0.25) is 0 Å². The van der Waals surface area contributed by atoms with Crippen LogP contribution in [0.25, 0.3) is 10.3 Å². The van der Waals surface area contributed by atoms with Crippen molar-refractivity contribution in [2.45, 2.75) is 13.5 Å². The minimum Gasteiger partial charge on any atom is -0.383 e. The van der Waals surface area contributed by atoms with Crippen LogP contribution in [0.15, 0.2) is 18.3 Å². The van der Waals surface area contributed by atoms with E-state index in [2.05, 4.69) is 20.4 Å². The summed E-state index contributed by atoms with van der Waals surface area (Å²) >= 11 is 1.60. The van der Waals surface area contributed by atoms with Crippen molar-refractivity contribution in [2.75, 3.05) is 11.1 Å². The maximum absolute atomic E-state index is 5.81. The van der Waals surface area contributed by atoms with Crippen LogP contribution in [0.1, 0.15) is 11.3 Å². The Hall–Kier alpha value is -2.15. The molecule has 0 saturated heterocycles. The summed E-state index contributed by atoms with van der Waals surface area (Å²) < 4.78 is 2.91. The Bertz CT molecular complexity index is 694. The molecule has 7 heteroatoms. The van der Waals surface area contributed by atoms with Crippen LogP contribution < -0.4 is 11.1 Å². The fraction of sp³-hybridized carbons (Fsp3) is 0.250. The van der Waals surface area contributed by atoms with Gasteiger partial charge in [0.05, 0.1) is 10.4 Å². The lowest BCUT2D eigenvalue weighted by atomic mass is 10.2. The highest BCUT2D eigenvalue weighted by atomic mass is 32.1. The van der Waals surface area contributed by atoms with Crippen molar-refractivity contribution in [2.24, 2.45) is 7.05 Å². The van der Waals surface area contributed by atoms with Gasteiger partial charge < -0.3 is 11.1 Å². The molecular weight excluding hydrogens is 260 g/mol. The van der Waals surface area contributed by atoms with Crippen molar-refractivity contribution >= 4 is 32.6 Å². The molecule has 0 amide bonds. The highest BCUT2D eigenvalue weighted by Gasteiger charge is 2.11. The van der Waals surface area contributed by atoms with E-state index in [-0.39, 0.29) is 0 Å². The van der Waals surface area contributed by atoms with Crippen molar-refractivity contribution in [3.63, 3.8) is 0 Å². The number of nitrogens with zero attached hydrogens (tertiary/aromatic N) is 4. The summed E-state index contributed by atoms with van der Waals surface area (Å²) in [5.74, 6) is 0.550. The molecule has 3 rings (SSSR count). The highest BCUT2D eigenvalue weighted by Crippen LogP contribution is 2.28. The summed E-state index contributed by atoms with van der Waals surface area (Å²) in [6.45, 7) is 2.61. The van der Waals surface area contributed by atoms with Crippen LogP contribution in [0, 0.1) is 6.92 Å². The molecule has 3 N–H and O–H groups in total. The lowest BCUT2D eigenvalue weighted by Gasteiger charge is -2.04. The van der Waals surface area contributed by atoms with Gasteiger partial charge in [0.15, 0.2) is 10.8 Å². The molecule has 0 unspecified atom stereocenters. The Kier molecular flexibility index (Phi) is 2.83. The van der Waals surface area contributed by atoms with Crippen LogP contribution in [0.5, 0.6) is 0 Å². The quantitative estimate of drug-likeness (QED) is 0.762. The predicted molar refractivity (Wildman–Crippen MR) is 77.1 cm³/mol. The molecule has 0 radical (unpaired) electrons. The van der Waals surface area contributed by atoms with Crippen LogP contribution in [0.3, 0.4) is 0 Å². The summed E-state index contributed by atoms with van der Waals surface area (Å²) in [6.07, 6.45) is 1.69. The van der Waals surface area contributed by atoms with Gasteiger partial charge in [-0.15, -0.1) is 0 Å². The minimum absolute atomic E-state index is 0.550. The van der Waals surface area contributed by atoms with Crippen molar-refractivity contribution in [1.29, 1.82) is 0 Å². The fourth-order valence-corrected chi connectivity index (χ4v) is 2.86. The Morgan fingerprint density at radius 3 is 3.05 bits per heavy atom. The molecule has 3 aromatic rings. The zero-order valence-electron chi connectivity index (χ0n) is 10.7. The van der Waals surface area contributed by atoms with Crippen LogP contribution >= 0.6 is 11.3 Å². The first-order valence-electron chi connectivity index (χ1n) is 5.88. The number of anilines is 2. The maximum Gasteiger partial charge on any atom is 0.185 e. The van der Waals surface area contributed by atoms with Gasteiger partial charge in [-0.25, -0.2) is 14.6 Å². The number of rotatable bonds is 3. The number of nitrogens with two attached hydrogens (primary N) is 1. The largest absolute Gasteiger partial charge is 0.383 e. The van der Waals surface area contributed by atoms with Gasteiger partial charge >= 0.3 is 0 Å². The molecule has 3 heterocycles. The number of fused-ring (bicyclic) bond motifs is 1. The number of aryl methyl sites for hydroxylation is 2. The minimum atomic E-state index is 0.550. The van der Waals surface area contributed by atoms with E-state index in [9.17, 15) is 0 Å². The standard InChI is InChI=1S/C12H14N6S/c1-7-9-11(18(2)17-7)16-12(19-9)15-6-8-4-3-5-14-10(8)13/h3-5H,6H2,1-2H3,(H2,13,14)(H,15,16). The molecule has 98 valence electrons. The van der Waals surface area contributed by atoms with E-state index in [1.165, 1.54) is 0 Å². The Balaban J connectivity index is 1.82. The zero-order valence-corrected chi connectivity index (χ0v) is 11.5. The van der Waals surface area contributed by atoms with Gasteiger partial charge in [-0.2, -0.15) is 5.10 Å². The van der Waals surface area contributed by atoms with Gasteiger partial charge in [0.1, 0.15) is 5.82 Å². The molecule has 0 atom stereocenters. The Morgan fingerprint density at radius 1 is 1.47 bits per heavy atom. The van der Waals surface area contributed by atoms with Gasteiger partial charge in [0.25, 0.3) is 0 Å². The molecule has 0 bridgehead atoms. The monoisotopic (exact) mass is 274 g/mol. The molecule has 3 aromatic heterocycles. The third kappa shape index (κ3) is 2.12. The van der Waals surface area contributed by atoms with Crippen molar-refractivity contribution in [3.8, 4) is 0 Å². The Labute approximate surface area is 114 Å². The number of hydrogen-bond donors (Lipinski definition) is 2. The average molecular weight is 274 g/mol. The predicted octanol–water partition coefficient (Wildman–Crippen LogP) is 1.93. The molecule has 0 spiro atoms. The van der Waals surface area contributed by atoms with Gasteiger partial charge in [0, 0.05) is 25.4 Å². The highest BCUT2D eigenvalue weighted by molar-refractivity contribution is 7.22. The molecule has 0 aromatic carbocycles. The molecule has 0 saturated carbocycles. The second-order valence-corrected chi connectivity index (χ2v) is 5.28. The lowest BCUT2D eigenvalue weighted by Crippen LogP contribution is -2.04. The second kappa shape index (κ2) is 4.51. The van der Waals surface area contributed by atoms with Gasteiger partial charge in [-0.1, -0.05) is 17.4 Å². The molecule has 0 aliphatic rings. The van der Waals surface area contributed by atoms with Crippen molar-refractivity contribution in [1.82, 2.24) is 19.7 Å². The summed E-state index contributed by atoms with van der Waals surface area (Å²) in [7, 11) is 1.90.